The molecule has 0 N–H and O–H groups in total. The Kier molecular flexibility index (Phi) is 5.87. The smallest absolute Gasteiger partial charge is 0.0194 e. The van der Waals surface area contributed by atoms with E-state index in [1.54, 1.807) is 0 Å². The highest BCUT2D eigenvalue weighted by molar-refractivity contribution is 4.92. The summed E-state index contributed by atoms with van der Waals surface area (Å²) in [5, 5.41) is 0. The molecule has 0 rings (SSSR count). The van der Waals surface area contributed by atoms with E-state index in [1.807, 2.05) is 0 Å². The van der Waals surface area contributed by atoms with E-state index < -0.39 is 0 Å². The molecular weight excluding hydrogens is 146 g/mol. The summed E-state index contributed by atoms with van der Waals surface area (Å²) in [5.74, 6) is 0.730. The third-order valence-corrected chi connectivity index (χ3v) is 2.00. The Balaban J connectivity index is 3.61. The molecule has 0 saturated carbocycles. The summed E-state index contributed by atoms with van der Waals surface area (Å²) >= 11 is 0. The van der Waals surface area contributed by atoms with Gasteiger partial charge in [-0.1, -0.05) is 33.8 Å². The zero-order valence-electron chi connectivity index (χ0n) is 9.06. The molecule has 12 heavy (non-hydrogen) atoms. The van der Waals surface area contributed by atoms with Crippen LogP contribution in [0.1, 0.15) is 40.0 Å². The van der Waals surface area contributed by atoms with Crippen LogP contribution >= 0.6 is 0 Å². The molecule has 0 aliphatic carbocycles. The Morgan fingerprint density at radius 1 is 1.42 bits per heavy atom. The zero-order chi connectivity index (χ0) is 9.56. The minimum Gasteiger partial charge on any atom is -0.378 e. The first kappa shape index (κ1) is 11.5. The summed E-state index contributed by atoms with van der Waals surface area (Å²) in [5.41, 5.74) is 1.28. The van der Waals surface area contributed by atoms with E-state index in [9.17, 15) is 0 Å². The summed E-state index contributed by atoms with van der Waals surface area (Å²) < 4.78 is 0. The van der Waals surface area contributed by atoms with E-state index in [2.05, 4.69) is 39.3 Å². The number of rotatable bonds is 6. The van der Waals surface area contributed by atoms with Crippen LogP contribution in [-0.2, 0) is 0 Å². The van der Waals surface area contributed by atoms with Gasteiger partial charge in [0.25, 0.3) is 0 Å². The SMILES string of the molecule is C=C(CCCC)N(C)CC(C)C. The van der Waals surface area contributed by atoms with Gasteiger partial charge in [-0.3, -0.25) is 0 Å². The minimum absolute atomic E-state index is 0.730. The van der Waals surface area contributed by atoms with Crippen LogP contribution in [0.15, 0.2) is 12.3 Å². The molecule has 72 valence electrons. The fourth-order valence-electron chi connectivity index (χ4n) is 1.25. The molecule has 0 saturated heterocycles. The standard InChI is InChI=1S/C11H23N/c1-6-7-8-11(4)12(5)9-10(2)3/h10H,4,6-9H2,1-3,5H3. The summed E-state index contributed by atoms with van der Waals surface area (Å²) in [6.07, 6.45) is 3.68. The van der Waals surface area contributed by atoms with Crippen molar-refractivity contribution in [3.63, 3.8) is 0 Å². The van der Waals surface area contributed by atoms with Crippen molar-refractivity contribution in [3.05, 3.63) is 12.3 Å². The maximum Gasteiger partial charge on any atom is 0.0194 e. The van der Waals surface area contributed by atoms with E-state index in [1.165, 1.54) is 18.5 Å². The van der Waals surface area contributed by atoms with Crippen molar-refractivity contribution in [2.45, 2.75) is 40.0 Å². The Bertz CT molecular complexity index is 127. The lowest BCUT2D eigenvalue weighted by Crippen LogP contribution is -2.22. The van der Waals surface area contributed by atoms with Gasteiger partial charge in [-0.25, -0.2) is 0 Å². The normalized spacial score (nSPS) is 10.4. The first-order valence-corrected chi connectivity index (χ1v) is 4.96. The molecule has 0 aromatic heterocycles. The summed E-state index contributed by atoms with van der Waals surface area (Å²) in [7, 11) is 2.14. The molecule has 0 aromatic rings. The van der Waals surface area contributed by atoms with E-state index in [0.717, 1.165) is 18.9 Å². The van der Waals surface area contributed by atoms with Crippen molar-refractivity contribution < 1.29 is 0 Å². The molecule has 0 radical (unpaired) electrons. The first-order valence-electron chi connectivity index (χ1n) is 4.96. The molecule has 0 bridgehead atoms. The Morgan fingerprint density at radius 3 is 2.42 bits per heavy atom. The maximum atomic E-state index is 4.07. The molecule has 0 unspecified atom stereocenters. The molecule has 0 aliphatic heterocycles. The van der Waals surface area contributed by atoms with Gasteiger partial charge in [-0.05, 0) is 18.8 Å². The van der Waals surface area contributed by atoms with Crippen molar-refractivity contribution in [1.29, 1.82) is 0 Å². The van der Waals surface area contributed by atoms with Crippen LogP contribution in [0.25, 0.3) is 0 Å². The highest BCUT2D eigenvalue weighted by atomic mass is 15.1. The van der Waals surface area contributed by atoms with Crippen molar-refractivity contribution in [1.82, 2.24) is 4.90 Å². The Hall–Kier alpha value is -0.460. The van der Waals surface area contributed by atoms with E-state index in [4.69, 9.17) is 0 Å². The highest BCUT2D eigenvalue weighted by Gasteiger charge is 2.03. The fourth-order valence-corrected chi connectivity index (χ4v) is 1.25. The van der Waals surface area contributed by atoms with Crippen LogP contribution < -0.4 is 0 Å². The molecule has 0 fully saturated rings. The molecular formula is C11H23N. The predicted molar refractivity (Wildman–Crippen MR) is 56.1 cm³/mol. The van der Waals surface area contributed by atoms with E-state index >= 15 is 0 Å². The van der Waals surface area contributed by atoms with E-state index in [-0.39, 0.29) is 0 Å². The second-order valence-electron chi connectivity index (χ2n) is 3.94. The second-order valence-corrected chi connectivity index (χ2v) is 3.94. The maximum absolute atomic E-state index is 4.07. The largest absolute Gasteiger partial charge is 0.378 e. The van der Waals surface area contributed by atoms with Gasteiger partial charge in [0.2, 0.25) is 0 Å². The molecule has 0 atom stereocenters. The van der Waals surface area contributed by atoms with Crippen LogP contribution in [0.2, 0.25) is 0 Å². The predicted octanol–water partition coefficient (Wildman–Crippen LogP) is 3.28. The van der Waals surface area contributed by atoms with Gasteiger partial charge in [0.1, 0.15) is 0 Å². The second kappa shape index (κ2) is 6.10. The number of hydrogen-bond donors (Lipinski definition) is 0. The lowest BCUT2D eigenvalue weighted by Gasteiger charge is -2.23. The van der Waals surface area contributed by atoms with Crippen molar-refractivity contribution in [2.75, 3.05) is 13.6 Å². The van der Waals surface area contributed by atoms with Crippen molar-refractivity contribution in [2.24, 2.45) is 5.92 Å². The van der Waals surface area contributed by atoms with Gasteiger partial charge in [-0.15, -0.1) is 0 Å². The average molecular weight is 169 g/mol. The van der Waals surface area contributed by atoms with Gasteiger partial charge in [0, 0.05) is 19.3 Å². The lowest BCUT2D eigenvalue weighted by molar-refractivity contribution is 0.349. The van der Waals surface area contributed by atoms with Crippen LogP contribution in [0.5, 0.6) is 0 Å². The monoisotopic (exact) mass is 169 g/mol. The molecule has 0 amide bonds. The summed E-state index contributed by atoms with van der Waals surface area (Å²) in [6.45, 7) is 11.9. The van der Waals surface area contributed by atoms with Crippen LogP contribution in [0.4, 0.5) is 0 Å². The summed E-state index contributed by atoms with van der Waals surface area (Å²) in [6, 6.07) is 0. The first-order chi connectivity index (χ1) is 5.57. The van der Waals surface area contributed by atoms with Crippen LogP contribution in [0.3, 0.4) is 0 Å². The third-order valence-electron chi connectivity index (χ3n) is 2.00. The Labute approximate surface area is 77.5 Å². The third kappa shape index (κ3) is 5.22. The molecule has 1 nitrogen and oxygen atoms in total. The van der Waals surface area contributed by atoms with Gasteiger partial charge in [-0.2, -0.15) is 0 Å². The topological polar surface area (TPSA) is 3.24 Å². The van der Waals surface area contributed by atoms with Crippen molar-refractivity contribution >= 4 is 0 Å². The quantitative estimate of drug-likeness (QED) is 0.590. The van der Waals surface area contributed by atoms with Crippen LogP contribution in [-0.4, -0.2) is 18.5 Å². The molecule has 0 spiro atoms. The zero-order valence-corrected chi connectivity index (χ0v) is 9.06. The molecule has 0 aliphatic rings. The van der Waals surface area contributed by atoms with E-state index in [0.29, 0.717) is 0 Å². The fraction of sp³-hybridized carbons (Fsp3) is 0.818. The van der Waals surface area contributed by atoms with Gasteiger partial charge < -0.3 is 4.90 Å². The molecule has 1 heteroatoms. The molecule has 0 heterocycles. The number of unbranched alkanes of at least 4 members (excludes halogenated alkanes) is 1. The lowest BCUT2D eigenvalue weighted by atomic mass is 10.1. The minimum atomic E-state index is 0.730. The number of allylic oxidation sites excluding steroid dienone is 1. The summed E-state index contributed by atoms with van der Waals surface area (Å²) in [4.78, 5) is 2.28. The van der Waals surface area contributed by atoms with Gasteiger partial charge in [0.15, 0.2) is 0 Å². The van der Waals surface area contributed by atoms with Gasteiger partial charge >= 0.3 is 0 Å². The highest BCUT2D eigenvalue weighted by Crippen LogP contribution is 2.10. The van der Waals surface area contributed by atoms with Gasteiger partial charge in [0.05, 0.1) is 0 Å². The molecule has 0 aromatic carbocycles. The average Bonchev–Trinajstić information content (AvgIpc) is 1.98. The Morgan fingerprint density at radius 2 is 2.00 bits per heavy atom. The number of hydrogen-bond acceptors (Lipinski definition) is 1. The van der Waals surface area contributed by atoms with Crippen molar-refractivity contribution in [3.8, 4) is 0 Å². The number of nitrogens with zero attached hydrogens (tertiary/aromatic N) is 1. The van der Waals surface area contributed by atoms with Crippen LogP contribution in [0, 0.1) is 5.92 Å².